The van der Waals surface area contributed by atoms with Gasteiger partial charge in [0.1, 0.15) is 0 Å². The number of hydrogen-bond acceptors (Lipinski definition) is 2. The summed E-state index contributed by atoms with van der Waals surface area (Å²) < 4.78 is 0. The van der Waals surface area contributed by atoms with Gasteiger partial charge in [0.2, 0.25) is 6.41 Å². The summed E-state index contributed by atoms with van der Waals surface area (Å²) in [5.41, 5.74) is 1.26. The van der Waals surface area contributed by atoms with Crippen molar-refractivity contribution in [2.75, 3.05) is 13.1 Å². The molecule has 2 aliphatic rings. The van der Waals surface area contributed by atoms with Crippen molar-refractivity contribution in [2.45, 2.75) is 62.9 Å². The Balaban J connectivity index is 1.72. The molecule has 3 rings (SSSR count). The highest BCUT2D eigenvalue weighted by molar-refractivity contribution is 5.51. The van der Waals surface area contributed by atoms with E-state index in [1.54, 1.807) is 0 Å². The average molecular weight is 300 g/mol. The van der Waals surface area contributed by atoms with E-state index in [9.17, 15) is 4.79 Å². The van der Waals surface area contributed by atoms with Gasteiger partial charge >= 0.3 is 0 Å². The zero-order chi connectivity index (χ0) is 15.3. The maximum absolute atomic E-state index is 11.8. The molecule has 0 spiro atoms. The SMILES string of the molecule is O=CN(CCC1CCCCN1)C1(c2ccccc2)CCCC1. The highest BCUT2D eigenvalue weighted by Crippen LogP contribution is 2.43. The fraction of sp³-hybridized carbons (Fsp3) is 0.632. The highest BCUT2D eigenvalue weighted by Gasteiger charge is 2.40. The van der Waals surface area contributed by atoms with E-state index in [0.717, 1.165) is 38.8 Å². The molecule has 2 fully saturated rings. The van der Waals surface area contributed by atoms with Crippen LogP contribution in [0, 0.1) is 0 Å². The monoisotopic (exact) mass is 300 g/mol. The smallest absolute Gasteiger partial charge is 0.210 e. The Morgan fingerprint density at radius 3 is 2.55 bits per heavy atom. The quantitative estimate of drug-likeness (QED) is 0.816. The number of rotatable bonds is 6. The second-order valence-corrected chi connectivity index (χ2v) is 6.84. The first kappa shape index (κ1) is 15.5. The summed E-state index contributed by atoms with van der Waals surface area (Å²) in [7, 11) is 0. The molecule has 1 amide bonds. The van der Waals surface area contributed by atoms with Crippen LogP contribution in [-0.2, 0) is 10.3 Å². The predicted molar refractivity (Wildman–Crippen MR) is 89.6 cm³/mol. The standard InChI is InChI=1S/C19H28N2O/c22-16-21(15-11-18-10-4-7-14-20-18)19(12-5-6-13-19)17-8-2-1-3-9-17/h1-3,8-9,16,18,20H,4-7,10-15H2. The molecule has 1 aromatic carbocycles. The molecule has 1 atom stereocenters. The van der Waals surface area contributed by atoms with Crippen LogP contribution in [0.5, 0.6) is 0 Å². The number of piperidine rings is 1. The van der Waals surface area contributed by atoms with E-state index in [4.69, 9.17) is 0 Å². The molecule has 1 heterocycles. The minimum atomic E-state index is -0.0579. The third-order valence-electron chi connectivity index (χ3n) is 5.55. The van der Waals surface area contributed by atoms with Gasteiger partial charge in [0.15, 0.2) is 0 Å². The summed E-state index contributed by atoms with van der Waals surface area (Å²) in [4.78, 5) is 14.0. The van der Waals surface area contributed by atoms with Gasteiger partial charge in [0.05, 0.1) is 5.54 Å². The number of carbonyl (C=O) groups is 1. The maximum atomic E-state index is 11.8. The lowest BCUT2D eigenvalue weighted by atomic mass is 9.86. The van der Waals surface area contributed by atoms with Crippen LogP contribution in [0.15, 0.2) is 30.3 Å². The van der Waals surface area contributed by atoms with Crippen molar-refractivity contribution in [3.8, 4) is 0 Å². The first-order chi connectivity index (χ1) is 10.8. The fourth-order valence-electron chi connectivity index (χ4n) is 4.28. The zero-order valence-electron chi connectivity index (χ0n) is 13.5. The topological polar surface area (TPSA) is 32.3 Å². The third kappa shape index (κ3) is 3.19. The fourth-order valence-corrected chi connectivity index (χ4v) is 4.28. The van der Waals surface area contributed by atoms with Crippen molar-refractivity contribution < 1.29 is 4.79 Å². The van der Waals surface area contributed by atoms with Crippen molar-refractivity contribution >= 4 is 6.41 Å². The largest absolute Gasteiger partial charge is 0.335 e. The molecule has 3 nitrogen and oxygen atoms in total. The Morgan fingerprint density at radius 2 is 1.91 bits per heavy atom. The van der Waals surface area contributed by atoms with Crippen molar-refractivity contribution in [1.29, 1.82) is 0 Å². The Hall–Kier alpha value is -1.35. The Kier molecular flexibility index (Phi) is 5.14. The van der Waals surface area contributed by atoms with Gasteiger partial charge in [0, 0.05) is 12.6 Å². The van der Waals surface area contributed by atoms with Crippen molar-refractivity contribution in [2.24, 2.45) is 0 Å². The van der Waals surface area contributed by atoms with Gasteiger partial charge < -0.3 is 10.2 Å². The molecular weight excluding hydrogens is 272 g/mol. The third-order valence-corrected chi connectivity index (χ3v) is 5.55. The average Bonchev–Trinajstić information content (AvgIpc) is 3.08. The Morgan fingerprint density at radius 1 is 1.14 bits per heavy atom. The van der Waals surface area contributed by atoms with Crippen molar-refractivity contribution in [3.63, 3.8) is 0 Å². The Labute approximate surface area is 134 Å². The van der Waals surface area contributed by atoms with E-state index < -0.39 is 0 Å². The molecule has 22 heavy (non-hydrogen) atoms. The highest BCUT2D eigenvalue weighted by atomic mass is 16.1. The number of nitrogens with zero attached hydrogens (tertiary/aromatic N) is 1. The van der Waals surface area contributed by atoms with Crippen LogP contribution in [0.1, 0.15) is 56.9 Å². The van der Waals surface area contributed by atoms with Gasteiger partial charge in [-0.25, -0.2) is 0 Å². The molecule has 1 saturated heterocycles. The normalized spacial score (nSPS) is 24.1. The minimum absolute atomic E-state index is 0.0579. The van der Waals surface area contributed by atoms with Gasteiger partial charge in [-0.05, 0) is 44.2 Å². The number of amides is 1. The molecule has 1 N–H and O–H groups in total. The predicted octanol–water partition coefficient (Wildman–Crippen LogP) is 3.45. The molecule has 1 saturated carbocycles. The summed E-state index contributed by atoms with van der Waals surface area (Å²) in [6, 6.07) is 11.2. The summed E-state index contributed by atoms with van der Waals surface area (Å²) in [6.45, 7) is 2.01. The van der Waals surface area contributed by atoms with Gasteiger partial charge in [-0.3, -0.25) is 4.79 Å². The van der Waals surface area contributed by atoms with Gasteiger partial charge in [-0.1, -0.05) is 49.6 Å². The molecule has 1 unspecified atom stereocenters. The van der Waals surface area contributed by atoms with Crippen LogP contribution in [0.25, 0.3) is 0 Å². The number of nitrogens with one attached hydrogen (secondary N) is 1. The molecule has 1 aromatic rings. The Bertz CT molecular complexity index is 462. The first-order valence-electron chi connectivity index (χ1n) is 8.86. The molecule has 120 valence electrons. The molecule has 3 heteroatoms. The summed E-state index contributed by atoms with van der Waals surface area (Å²) >= 11 is 0. The van der Waals surface area contributed by atoms with Crippen molar-refractivity contribution in [3.05, 3.63) is 35.9 Å². The van der Waals surface area contributed by atoms with E-state index in [1.807, 2.05) is 0 Å². The number of carbonyl (C=O) groups excluding carboxylic acids is 1. The minimum Gasteiger partial charge on any atom is -0.335 e. The lowest BCUT2D eigenvalue weighted by Gasteiger charge is -2.40. The molecule has 0 radical (unpaired) electrons. The van der Waals surface area contributed by atoms with E-state index in [0.29, 0.717) is 6.04 Å². The van der Waals surface area contributed by atoms with E-state index in [1.165, 1.54) is 37.7 Å². The lowest BCUT2D eigenvalue weighted by molar-refractivity contribution is -0.124. The van der Waals surface area contributed by atoms with Gasteiger partial charge in [0.25, 0.3) is 0 Å². The first-order valence-corrected chi connectivity index (χ1v) is 8.86. The summed E-state index contributed by atoms with van der Waals surface area (Å²) in [5, 5.41) is 3.60. The van der Waals surface area contributed by atoms with Gasteiger partial charge in [-0.2, -0.15) is 0 Å². The zero-order valence-corrected chi connectivity index (χ0v) is 13.5. The number of benzene rings is 1. The van der Waals surface area contributed by atoms with Crippen LogP contribution in [0.2, 0.25) is 0 Å². The van der Waals surface area contributed by atoms with Crippen LogP contribution >= 0.6 is 0 Å². The summed E-state index contributed by atoms with van der Waals surface area (Å²) in [6.07, 6.45) is 10.7. The number of hydrogen-bond donors (Lipinski definition) is 1. The van der Waals surface area contributed by atoms with Gasteiger partial charge in [-0.15, -0.1) is 0 Å². The molecule has 0 aromatic heterocycles. The molecule has 0 bridgehead atoms. The van der Waals surface area contributed by atoms with E-state index in [2.05, 4.69) is 40.5 Å². The maximum Gasteiger partial charge on any atom is 0.210 e. The van der Waals surface area contributed by atoms with Crippen LogP contribution in [-0.4, -0.2) is 30.4 Å². The van der Waals surface area contributed by atoms with E-state index >= 15 is 0 Å². The van der Waals surface area contributed by atoms with Crippen LogP contribution in [0.4, 0.5) is 0 Å². The summed E-state index contributed by atoms with van der Waals surface area (Å²) in [5.74, 6) is 0. The van der Waals surface area contributed by atoms with Crippen LogP contribution in [0.3, 0.4) is 0 Å². The van der Waals surface area contributed by atoms with Crippen LogP contribution < -0.4 is 5.32 Å². The second kappa shape index (κ2) is 7.28. The van der Waals surface area contributed by atoms with E-state index in [-0.39, 0.29) is 5.54 Å². The molecular formula is C19H28N2O. The second-order valence-electron chi connectivity index (χ2n) is 6.84. The molecule has 1 aliphatic carbocycles. The lowest BCUT2D eigenvalue weighted by Crippen LogP contribution is -2.46. The molecule has 1 aliphatic heterocycles. The van der Waals surface area contributed by atoms with Crippen molar-refractivity contribution in [1.82, 2.24) is 10.2 Å².